The number of aryl methyl sites for hydroxylation is 2. The quantitative estimate of drug-likeness (QED) is 0.720. The Labute approximate surface area is 159 Å². The second kappa shape index (κ2) is 8.72. The molecule has 0 fully saturated rings. The fraction of sp³-hybridized carbons (Fsp3) is 0.300. The van der Waals surface area contributed by atoms with E-state index >= 15 is 0 Å². The molecule has 3 N–H and O–H groups in total. The van der Waals surface area contributed by atoms with Gasteiger partial charge < -0.3 is 16.0 Å². The maximum absolute atomic E-state index is 12.2. The highest BCUT2D eigenvalue weighted by atomic mass is 35.5. The zero-order chi connectivity index (χ0) is 19.3. The summed E-state index contributed by atoms with van der Waals surface area (Å²) in [4.78, 5) is 24.4. The van der Waals surface area contributed by atoms with Crippen molar-refractivity contribution in [2.75, 3.05) is 17.2 Å². The van der Waals surface area contributed by atoms with Crippen LogP contribution in [0.25, 0.3) is 0 Å². The summed E-state index contributed by atoms with van der Waals surface area (Å²) in [6.45, 7) is 7.39. The summed E-state index contributed by atoms with van der Waals surface area (Å²) in [6.07, 6.45) is 0. The van der Waals surface area contributed by atoms with Gasteiger partial charge in [0.05, 0.1) is 6.54 Å². The largest absolute Gasteiger partial charge is 0.374 e. The van der Waals surface area contributed by atoms with E-state index in [0.717, 1.165) is 28.1 Å². The van der Waals surface area contributed by atoms with Crippen LogP contribution in [-0.4, -0.2) is 24.4 Å². The van der Waals surface area contributed by atoms with Crippen molar-refractivity contribution in [3.8, 4) is 0 Å². The van der Waals surface area contributed by atoms with Crippen molar-refractivity contribution in [3.05, 3.63) is 58.1 Å². The smallest absolute Gasteiger partial charge is 0.243 e. The van der Waals surface area contributed by atoms with Crippen molar-refractivity contribution in [2.45, 2.75) is 33.7 Å². The number of benzene rings is 2. The molecule has 2 aromatic rings. The van der Waals surface area contributed by atoms with E-state index in [2.05, 4.69) is 16.0 Å². The fourth-order valence-corrected chi connectivity index (χ4v) is 2.75. The summed E-state index contributed by atoms with van der Waals surface area (Å²) in [6, 6.07) is 10.8. The standard InChI is InChI=1S/C20H24ClN3O2/c1-12-7-5-8-13(2)19(12)24-18(25)11-22-20(26)15(4)23-17-10-6-9-16(21)14(17)3/h5-10,15,23H,11H2,1-4H3,(H,22,26)(H,24,25)/t15-/m0/s1. The highest BCUT2D eigenvalue weighted by Crippen LogP contribution is 2.23. The topological polar surface area (TPSA) is 70.2 Å². The lowest BCUT2D eigenvalue weighted by atomic mass is 10.1. The molecule has 0 unspecified atom stereocenters. The Bertz CT molecular complexity index is 800. The summed E-state index contributed by atoms with van der Waals surface area (Å²) in [5.41, 5.74) is 4.42. The van der Waals surface area contributed by atoms with Gasteiger partial charge in [-0.05, 0) is 56.5 Å². The molecule has 0 aliphatic carbocycles. The molecule has 138 valence electrons. The highest BCUT2D eigenvalue weighted by molar-refractivity contribution is 6.31. The lowest BCUT2D eigenvalue weighted by Crippen LogP contribution is -2.41. The third-order valence-corrected chi connectivity index (χ3v) is 4.61. The van der Waals surface area contributed by atoms with Crippen LogP contribution in [-0.2, 0) is 9.59 Å². The SMILES string of the molecule is Cc1cccc(C)c1NC(=O)CNC(=O)[C@H](C)Nc1cccc(Cl)c1C. The van der Waals surface area contributed by atoms with Gasteiger partial charge in [0.25, 0.3) is 0 Å². The summed E-state index contributed by atoms with van der Waals surface area (Å²) in [5, 5.41) is 9.25. The van der Waals surface area contributed by atoms with Crippen molar-refractivity contribution in [1.29, 1.82) is 0 Å². The van der Waals surface area contributed by atoms with Crippen molar-refractivity contribution >= 4 is 34.8 Å². The van der Waals surface area contributed by atoms with E-state index in [0.29, 0.717) is 5.02 Å². The number of halogens is 1. The maximum Gasteiger partial charge on any atom is 0.243 e. The predicted octanol–water partition coefficient (Wildman–Crippen LogP) is 3.82. The number of anilines is 2. The Balaban J connectivity index is 1.89. The molecule has 0 bridgehead atoms. The minimum atomic E-state index is -0.500. The van der Waals surface area contributed by atoms with E-state index in [1.165, 1.54) is 0 Å². The molecule has 0 aliphatic rings. The van der Waals surface area contributed by atoms with Crippen LogP contribution in [0.4, 0.5) is 11.4 Å². The highest BCUT2D eigenvalue weighted by Gasteiger charge is 2.15. The van der Waals surface area contributed by atoms with Gasteiger partial charge >= 0.3 is 0 Å². The average Bonchev–Trinajstić information content (AvgIpc) is 2.60. The summed E-state index contributed by atoms with van der Waals surface area (Å²) in [7, 11) is 0. The summed E-state index contributed by atoms with van der Waals surface area (Å²) < 4.78 is 0. The Hall–Kier alpha value is -2.53. The van der Waals surface area contributed by atoms with Crippen molar-refractivity contribution < 1.29 is 9.59 Å². The zero-order valence-electron chi connectivity index (χ0n) is 15.4. The van der Waals surface area contributed by atoms with Crippen molar-refractivity contribution in [2.24, 2.45) is 0 Å². The van der Waals surface area contributed by atoms with E-state index in [4.69, 9.17) is 11.6 Å². The number of hydrogen-bond donors (Lipinski definition) is 3. The number of carbonyl (C=O) groups is 2. The van der Waals surface area contributed by atoms with Gasteiger partial charge in [-0.3, -0.25) is 9.59 Å². The molecule has 2 rings (SSSR count). The molecule has 2 amide bonds. The Morgan fingerprint density at radius 3 is 2.31 bits per heavy atom. The number of hydrogen-bond acceptors (Lipinski definition) is 3. The first-order valence-corrected chi connectivity index (χ1v) is 8.83. The van der Waals surface area contributed by atoms with Gasteiger partial charge in [-0.1, -0.05) is 35.9 Å². The van der Waals surface area contributed by atoms with Gasteiger partial charge in [0.15, 0.2) is 0 Å². The normalized spacial score (nSPS) is 11.6. The molecule has 1 atom stereocenters. The molecule has 0 heterocycles. The van der Waals surface area contributed by atoms with E-state index in [-0.39, 0.29) is 18.4 Å². The molecule has 0 saturated carbocycles. The molecular formula is C20H24ClN3O2. The molecule has 0 radical (unpaired) electrons. The van der Waals surface area contributed by atoms with Crippen LogP contribution in [0.3, 0.4) is 0 Å². The number of rotatable bonds is 6. The van der Waals surface area contributed by atoms with E-state index in [9.17, 15) is 9.59 Å². The molecule has 2 aromatic carbocycles. The van der Waals surface area contributed by atoms with Crippen LogP contribution in [0, 0.1) is 20.8 Å². The molecule has 0 saturated heterocycles. The van der Waals surface area contributed by atoms with Crippen LogP contribution >= 0.6 is 11.6 Å². The van der Waals surface area contributed by atoms with E-state index in [1.807, 2.05) is 51.1 Å². The van der Waals surface area contributed by atoms with Crippen LogP contribution in [0.2, 0.25) is 5.02 Å². The number of carbonyl (C=O) groups excluding carboxylic acids is 2. The van der Waals surface area contributed by atoms with E-state index < -0.39 is 6.04 Å². The first kappa shape index (κ1) is 19.8. The monoisotopic (exact) mass is 373 g/mol. The molecule has 5 nitrogen and oxygen atoms in total. The maximum atomic E-state index is 12.2. The molecule has 0 aliphatic heterocycles. The lowest BCUT2D eigenvalue weighted by molar-refractivity contribution is -0.124. The van der Waals surface area contributed by atoms with Crippen molar-refractivity contribution in [3.63, 3.8) is 0 Å². The zero-order valence-corrected chi connectivity index (χ0v) is 16.2. The predicted molar refractivity (Wildman–Crippen MR) is 107 cm³/mol. The van der Waals surface area contributed by atoms with E-state index in [1.54, 1.807) is 13.0 Å². The first-order valence-electron chi connectivity index (χ1n) is 8.45. The summed E-state index contributed by atoms with van der Waals surface area (Å²) in [5.74, 6) is -0.525. The van der Waals surface area contributed by atoms with Crippen molar-refractivity contribution in [1.82, 2.24) is 5.32 Å². The van der Waals surface area contributed by atoms with Gasteiger partial charge in [-0.25, -0.2) is 0 Å². The van der Waals surface area contributed by atoms with Gasteiger partial charge in [0, 0.05) is 16.4 Å². The number of nitrogens with one attached hydrogen (secondary N) is 3. The molecule has 6 heteroatoms. The van der Waals surface area contributed by atoms with Gasteiger partial charge in [0.1, 0.15) is 6.04 Å². The van der Waals surface area contributed by atoms with Gasteiger partial charge in [-0.2, -0.15) is 0 Å². The third-order valence-electron chi connectivity index (χ3n) is 4.20. The number of amides is 2. The Kier molecular flexibility index (Phi) is 6.64. The number of para-hydroxylation sites is 1. The van der Waals surface area contributed by atoms with Crippen LogP contribution < -0.4 is 16.0 Å². The molecule has 26 heavy (non-hydrogen) atoms. The van der Waals surface area contributed by atoms with Crippen LogP contribution in [0.15, 0.2) is 36.4 Å². The minimum absolute atomic E-state index is 0.0901. The van der Waals surface area contributed by atoms with Crippen LogP contribution in [0.5, 0.6) is 0 Å². The Morgan fingerprint density at radius 1 is 1.04 bits per heavy atom. The molecular weight excluding hydrogens is 350 g/mol. The molecule has 0 aromatic heterocycles. The molecule has 0 spiro atoms. The third kappa shape index (κ3) is 4.99. The second-order valence-corrected chi connectivity index (χ2v) is 6.72. The first-order chi connectivity index (χ1) is 12.3. The minimum Gasteiger partial charge on any atom is -0.374 e. The Morgan fingerprint density at radius 2 is 1.65 bits per heavy atom. The van der Waals surface area contributed by atoms with Crippen LogP contribution in [0.1, 0.15) is 23.6 Å². The average molecular weight is 374 g/mol. The van der Waals surface area contributed by atoms with Gasteiger partial charge in [0.2, 0.25) is 11.8 Å². The lowest BCUT2D eigenvalue weighted by Gasteiger charge is -2.17. The van der Waals surface area contributed by atoms with Gasteiger partial charge in [-0.15, -0.1) is 0 Å². The second-order valence-electron chi connectivity index (χ2n) is 6.31. The fourth-order valence-electron chi connectivity index (χ4n) is 2.58. The summed E-state index contributed by atoms with van der Waals surface area (Å²) >= 11 is 6.09.